The molecule has 0 spiro atoms. The average Bonchev–Trinajstić information content (AvgIpc) is 3.01. The Bertz CT molecular complexity index is 531. The van der Waals surface area contributed by atoms with Crippen LogP contribution in [0.15, 0.2) is 18.5 Å². The van der Waals surface area contributed by atoms with Gasteiger partial charge in [-0.1, -0.05) is 6.92 Å². The van der Waals surface area contributed by atoms with E-state index in [-0.39, 0.29) is 12.4 Å². The van der Waals surface area contributed by atoms with E-state index in [0.717, 1.165) is 30.9 Å². The summed E-state index contributed by atoms with van der Waals surface area (Å²) in [5.41, 5.74) is 3.34. The van der Waals surface area contributed by atoms with E-state index in [9.17, 15) is 0 Å². The van der Waals surface area contributed by atoms with Crippen LogP contribution in [0.2, 0.25) is 0 Å². The van der Waals surface area contributed by atoms with Crippen LogP contribution in [0.4, 0.5) is 5.69 Å². The molecule has 20 heavy (non-hydrogen) atoms. The lowest BCUT2D eigenvalue weighted by molar-refractivity contribution is 0.462. The summed E-state index contributed by atoms with van der Waals surface area (Å²) in [6.07, 6.45) is 5.01. The molecule has 112 valence electrons. The van der Waals surface area contributed by atoms with Crippen molar-refractivity contribution in [3.8, 4) is 0 Å². The Labute approximate surface area is 126 Å². The van der Waals surface area contributed by atoms with Gasteiger partial charge in [-0.3, -0.25) is 9.36 Å². The molecule has 2 rings (SSSR count). The van der Waals surface area contributed by atoms with E-state index in [4.69, 9.17) is 0 Å². The third kappa shape index (κ3) is 3.54. The maximum Gasteiger partial charge on any atom is 0.0825 e. The van der Waals surface area contributed by atoms with Crippen LogP contribution in [-0.2, 0) is 13.1 Å². The number of anilines is 1. The van der Waals surface area contributed by atoms with Gasteiger partial charge in [0.25, 0.3) is 0 Å². The molecular weight excluding hydrogens is 274 g/mol. The fourth-order valence-electron chi connectivity index (χ4n) is 2.09. The Morgan fingerprint density at radius 3 is 2.70 bits per heavy atom. The molecule has 0 radical (unpaired) electrons. The van der Waals surface area contributed by atoms with E-state index >= 15 is 0 Å². The van der Waals surface area contributed by atoms with Crippen molar-refractivity contribution in [2.75, 3.05) is 5.32 Å². The molecule has 2 aromatic rings. The summed E-state index contributed by atoms with van der Waals surface area (Å²) in [5.74, 6) is 0. The highest BCUT2D eigenvalue weighted by Crippen LogP contribution is 2.16. The first-order valence-electron chi connectivity index (χ1n) is 6.96. The molecular formula is C14H24ClN5. The lowest BCUT2D eigenvalue weighted by Crippen LogP contribution is -2.12. The third-order valence-electron chi connectivity index (χ3n) is 3.49. The molecule has 0 aliphatic carbocycles. The van der Waals surface area contributed by atoms with Crippen molar-refractivity contribution in [3.05, 3.63) is 29.8 Å². The summed E-state index contributed by atoms with van der Waals surface area (Å²) < 4.78 is 4.04. The molecule has 0 bridgehead atoms. The summed E-state index contributed by atoms with van der Waals surface area (Å²) >= 11 is 0. The fraction of sp³-hybridized carbons (Fsp3) is 0.571. The van der Waals surface area contributed by atoms with E-state index in [2.05, 4.69) is 53.2 Å². The normalized spacial score (nSPS) is 12.0. The Morgan fingerprint density at radius 2 is 2.10 bits per heavy atom. The first kappa shape index (κ1) is 16.6. The first-order chi connectivity index (χ1) is 9.15. The number of halogens is 1. The maximum atomic E-state index is 4.43. The highest BCUT2D eigenvalue weighted by atomic mass is 35.5. The van der Waals surface area contributed by atoms with Gasteiger partial charge in [0.15, 0.2) is 0 Å². The van der Waals surface area contributed by atoms with Crippen molar-refractivity contribution in [1.29, 1.82) is 0 Å². The molecule has 0 saturated carbocycles. The van der Waals surface area contributed by atoms with Crippen molar-refractivity contribution < 1.29 is 0 Å². The highest BCUT2D eigenvalue weighted by Gasteiger charge is 2.09. The fourth-order valence-corrected chi connectivity index (χ4v) is 2.09. The standard InChI is InChI=1S/C14H23N5.ClH/c1-5-11(3)19-13(7-8-16-19)9-15-14-10-18(6-2)17-12(14)4;/h7-8,10-11,15H,5-6,9H2,1-4H3;1H. The van der Waals surface area contributed by atoms with Crippen molar-refractivity contribution in [3.63, 3.8) is 0 Å². The number of rotatable bonds is 6. The number of hydrogen-bond acceptors (Lipinski definition) is 3. The van der Waals surface area contributed by atoms with E-state index in [1.54, 1.807) is 0 Å². The van der Waals surface area contributed by atoms with Crippen molar-refractivity contribution in [2.45, 2.75) is 53.2 Å². The minimum absolute atomic E-state index is 0. The molecule has 5 nitrogen and oxygen atoms in total. The van der Waals surface area contributed by atoms with Crippen LogP contribution in [0.3, 0.4) is 0 Å². The van der Waals surface area contributed by atoms with E-state index in [1.165, 1.54) is 5.69 Å². The predicted octanol–water partition coefficient (Wildman–Crippen LogP) is 3.41. The average molecular weight is 298 g/mol. The smallest absolute Gasteiger partial charge is 0.0825 e. The van der Waals surface area contributed by atoms with Crippen molar-refractivity contribution in [1.82, 2.24) is 19.6 Å². The van der Waals surface area contributed by atoms with E-state index in [0.29, 0.717) is 6.04 Å². The third-order valence-corrected chi connectivity index (χ3v) is 3.49. The molecule has 1 N–H and O–H groups in total. The first-order valence-corrected chi connectivity index (χ1v) is 6.96. The molecule has 0 aliphatic heterocycles. The summed E-state index contributed by atoms with van der Waals surface area (Å²) in [5, 5.41) is 12.3. The molecule has 6 heteroatoms. The Morgan fingerprint density at radius 1 is 1.35 bits per heavy atom. The zero-order chi connectivity index (χ0) is 13.8. The number of hydrogen-bond donors (Lipinski definition) is 1. The number of aromatic nitrogens is 4. The molecule has 0 fully saturated rings. The zero-order valence-electron chi connectivity index (χ0n) is 12.6. The Kier molecular flexibility index (Phi) is 6.07. The number of aryl methyl sites for hydroxylation is 2. The van der Waals surface area contributed by atoms with Crippen LogP contribution in [0.5, 0.6) is 0 Å². The minimum atomic E-state index is 0. The highest BCUT2D eigenvalue weighted by molar-refractivity contribution is 5.85. The summed E-state index contributed by atoms with van der Waals surface area (Å²) in [6.45, 7) is 10.2. The molecule has 0 amide bonds. The molecule has 1 atom stereocenters. The van der Waals surface area contributed by atoms with Gasteiger partial charge < -0.3 is 5.32 Å². The van der Waals surface area contributed by atoms with Gasteiger partial charge in [-0.15, -0.1) is 12.4 Å². The topological polar surface area (TPSA) is 47.7 Å². The van der Waals surface area contributed by atoms with Gasteiger partial charge in [0.05, 0.1) is 23.6 Å². The maximum absolute atomic E-state index is 4.43. The molecule has 0 aliphatic rings. The zero-order valence-corrected chi connectivity index (χ0v) is 13.4. The summed E-state index contributed by atoms with van der Waals surface area (Å²) in [7, 11) is 0. The second-order valence-electron chi connectivity index (χ2n) is 4.86. The van der Waals surface area contributed by atoms with Crippen LogP contribution in [0.1, 0.15) is 44.6 Å². The Balaban J connectivity index is 0.00000200. The Hall–Kier alpha value is -1.49. The van der Waals surface area contributed by atoms with E-state index < -0.39 is 0 Å². The predicted molar refractivity (Wildman–Crippen MR) is 84.4 cm³/mol. The van der Waals surface area contributed by atoms with Crippen LogP contribution >= 0.6 is 12.4 Å². The van der Waals surface area contributed by atoms with Gasteiger partial charge >= 0.3 is 0 Å². The summed E-state index contributed by atoms with van der Waals surface area (Å²) in [6, 6.07) is 2.50. The van der Waals surface area contributed by atoms with Crippen LogP contribution in [-0.4, -0.2) is 19.6 Å². The second kappa shape index (κ2) is 7.33. The van der Waals surface area contributed by atoms with Gasteiger partial charge in [0.2, 0.25) is 0 Å². The molecule has 2 aromatic heterocycles. The SMILES string of the molecule is CCC(C)n1nccc1CNc1cn(CC)nc1C.Cl. The molecule has 0 aromatic carbocycles. The number of nitrogens with one attached hydrogen (secondary N) is 1. The largest absolute Gasteiger partial charge is 0.377 e. The van der Waals surface area contributed by atoms with Gasteiger partial charge in [-0.25, -0.2) is 0 Å². The molecule has 2 heterocycles. The molecule has 1 unspecified atom stereocenters. The lowest BCUT2D eigenvalue weighted by Gasteiger charge is -2.14. The van der Waals surface area contributed by atoms with E-state index in [1.807, 2.05) is 17.8 Å². The number of nitrogens with zero attached hydrogens (tertiary/aromatic N) is 4. The van der Waals surface area contributed by atoms with Gasteiger partial charge in [-0.2, -0.15) is 10.2 Å². The summed E-state index contributed by atoms with van der Waals surface area (Å²) in [4.78, 5) is 0. The van der Waals surface area contributed by atoms with Crippen molar-refractivity contribution >= 4 is 18.1 Å². The monoisotopic (exact) mass is 297 g/mol. The van der Waals surface area contributed by atoms with Gasteiger partial charge in [0, 0.05) is 25.0 Å². The lowest BCUT2D eigenvalue weighted by atomic mass is 10.2. The van der Waals surface area contributed by atoms with Crippen LogP contribution in [0.25, 0.3) is 0 Å². The minimum Gasteiger partial charge on any atom is -0.377 e. The van der Waals surface area contributed by atoms with Crippen LogP contribution in [0, 0.1) is 6.92 Å². The second-order valence-corrected chi connectivity index (χ2v) is 4.86. The van der Waals surface area contributed by atoms with Gasteiger partial charge in [0.1, 0.15) is 0 Å². The van der Waals surface area contributed by atoms with Crippen molar-refractivity contribution in [2.24, 2.45) is 0 Å². The van der Waals surface area contributed by atoms with Gasteiger partial charge in [-0.05, 0) is 33.3 Å². The quantitative estimate of drug-likeness (QED) is 0.889. The molecule has 0 saturated heterocycles. The van der Waals surface area contributed by atoms with Crippen LogP contribution < -0.4 is 5.32 Å².